The number of aliphatic carboxylic acids is 1. The molecule has 28 heavy (non-hydrogen) atoms. The molecule has 10 heteroatoms. The fourth-order valence-electron chi connectivity index (χ4n) is 2.85. The minimum atomic E-state index is -1.17. The second-order valence-corrected chi connectivity index (χ2v) is 5.98. The predicted molar refractivity (Wildman–Crippen MR) is 100 cm³/mol. The first-order valence-electron chi connectivity index (χ1n) is 8.33. The minimum absolute atomic E-state index is 0.279. The number of nitrogens with one attached hydrogen (secondary N) is 2. The number of aryl methyl sites for hydroxylation is 1. The Labute approximate surface area is 161 Å². The third-order valence-electron chi connectivity index (χ3n) is 4.21. The fourth-order valence-corrected chi connectivity index (χ4v) is 2.85. The number of amides is 2. The number of hydrogen-bond acceptors (Lipinski definition) is 6. The van der Waals surface area contributed by atoms with Crippen LogP contribution < -0.4 is 24.8 Å². The molecule has 0 radical (unpaired) electrons. The third kappa shape index (κ3) is 3.95. The molecular weight excluding hydrogens is 370 g/mol. The van der Waals surface area contributed by atoms with Crippen LogP contribution >= 0.6 is 0 Å². The van der Waals surface area contributed by atoms with E-state index in [0.29, 0.717) is 28.2 Å². The van der Waals surface area contributed by atoms with Crippen LogP contribution in [0.25, 0.3) is 10.9 Å². The van der Waals surface area contributed by atoms with E-state index in [0.717, 1.165) is 0 Å². The Hall–Kier alpha value is -3.43. The van der Waals surface area contributed by atoms with Crippen molar-refractivity contribution in [2.45, 2.75) is 13.0 Å². The largest absolute Gasteiger partial charge is 0.493 e. The van der Waals surface area contributed by atoms with E-state index < -0.39 is 30.4 Å². The van der Waals surface area contributed by atoms with E-state index >= 15 is 0 Å². The van der Waals surface area contributed by atoms with E-state index in [2.05, 4.69) is 10.6 Å². The van der Waals surface area contributed by atoms with E-state index in [4.69, 9.17) is 19.3 Å². The zero-order valence-electron chi connectivity index (χ0n) is 16.3. The van der Waals surface area contributed by atoms with Crippen LogP contribution in [-0.2, 0) is 16.6 Å². The summed E-state index contributed by atoms with van der Waals surface area (Å²) in [5, 5.41) is 14.1. The normalized spacial score (nSPS) is 11.6. The second-order valence-electron chi connectivity index (χ2n) is 5.98. The van der Waals surface area contributed by atoms with Gasteiger partial charge in [0.1, 0.15) is 18.3 Å². The monoisotopic (exact) mass is 393 g/mol. The van der Waals surface area contributed by atoms with Gasteiger partial charge in [0.15, 0.2) is 11.5 Å². The molecule has 0 fully saturated rings. The molecule has 0 spiro atoms. The SMILES string of the molecule is COc1cc2cc(C(=O)NC(C)C(=O)NCC(=O)O)n(C)c2c(OC)c1OC. The maximum atomic E-state index is 12.7. The van der Waals surface area contributed by atoms with Crippen molar-refractivity contribution in [3.63, 3.8) is 0 Å². The quantitative estimate of drug-likeness (QED) is 0.596. The smallest absolute Gasteiger partial charge is 0.322 e. The highest BCUT2D eigenvalue weighted by atomic mass is 16.5. The summed E-state index contributed by atoms with van der Waals surface area (Å²) in [5.74, 6) is -1.02. The maximum absolute atomic E-state index is 12.7. The van der Waals surface area contributed by atoms with Crippen molar-refractivity contribution in [1.82, 2.24) is 15.2 Å². The average molecular weight is 393 g/mol. The number of carboxylic acids is 1. The lowest BCUT2D eigenvalue weighted by Gasteiger charge is -2.15. The zero-order valence-corrected chi connectivity index (χ0v) is 16.3. The summed E-state index contributed by atoms with van der Waals surface area (Å²) in [6.07, 6.45) is 0. The number of carboxylic acid groups (broad SMARTS) is 1. The summed E-state index contributed by atoms with van der Waals surface area (Å²) < 4.78 is 17.8. The molecular formula is C18H23N3O7. The van der Waals surface area contributed by atoms with E-state index in [1.165, 1.54) is 28.3 Å². The van der Waals surface area contributed by atoms with Gasteiger partial charge in [-0.25, -0.2) is 0 Å². The molecule has 0 aliphatic heterocycles. The van der Waals surface area contributed by atoms with Crippen LogP contribution in [0.5, 0.6) is 17.2 Å². The van der Waals surface area contributed by atoms with Crippen molar-refractivity contribution in [3.05, 3.63) is 17.8 Å². The first kappa shape index (κ1) is 20.9. The van der Waals surface area contributed by atoms with Crippen molar-refractivity contribution in [3.8, 4) is 17.2 Å². The molecule has 1 aromatic carbocycles. The highest BCUT2D eigenvalue weighted by molar-refractivity contribution is 6.03. The Bertz CT molecular complexity index is 920. The van der Waals surface area contributed by atoms with Crippen molar-refractivity contribution in [2.24, 2.45) is 7.05 Å². The van der Waals surface area contributed by atoms with Crippen molar-refractivity contribution in [1.29, 1.82) is 0 Å². The Balaban J connectivity index is 2.37. The Morgan fingerprint density at radius 2 is 1.75 bits per heavy atom. The number of rotatable bonds is 8. The Morgan fingerprint density at radius 1 is 1.11 bits per heavy atom. The molecule has 3 N–H and O–H groups in total. The number of nitrogens with zero attached hydrogens (tertiary/aromatic N) is 1. The van der Waals surface area contributed by atoms with Gasteiger partial charge in [0.2, 0.25) is 11.7 Å². The van der Waals surface area contributed by atoms with Crippen LogP contribution in [0.3, 0.4) is 0 Å². The third-order valence-corrected chi connectivity index (χ3v) is 4.21. The predicted octanol–water partition coefficient (Wildman–Crippen LogP) is 0.523. The van der Waals surface area contributed by atoms with Crippen LogP contribution in [0.1, 0.15) is 17.4 Å². The van der Waals surface area contributed by atoms with Crippen LogP contribution in [0.15, 0.2) is 12.1 Å². The average Bonchev–Trinajstić information content (AvgIpc) is 3.00. The molecule has 2 aromatic rings. The molecule has 0 aliphatic carbocycles. The number of aromatic nitrogens is 1. The van der Waals surface area contributed by atoms with Gasteiger partial charge in [0.25, 0.3) is 5.91 Å². The summed E-state index contributed by atoms with van der Waals surface area (Å²) in [6, 6.07) is 2.43. The van der Waals surface area contributed by atoms with Crippen LogP contribution in [0.2, 0.25) is 0 Å². The van der Waals surface area contributed by atoms with Gasteiger partial charge in [-0.2, -0.15) is 0 Å². The summed E-state index contributed by atoms with van der Waals surface area (Å²) >= 11 is 0. The van der Waals surface area contributed by atoms with Gasteiger partial charge in [-0.1, -0.05) is 0 Å². The van der Waals surface area contributed by atoms with Gasteiger partial charge >= 0.3 is 5.97 Å². The van der Waals surface area contributed by atoms with Gasteiger partial charge in [-0.05, 0) is 19.1 Å². The van der Waals surface area contributed by atoms with Crippen molar-refractivity contribution in [2.75, 3.05) is 27.9 Å². The Kier molecular flexibility index (Phi) is 6.34. The number of benzene rings is 1. The van der Waals surface area contributed by atoms with E-state index in [1.807, 2.05) is 0 Å². The van der Waals surface area contributed by atoms with E-state index in [-0.39, 0.29) is 5.69 Å². The van der Waals surface area contributed by atoms with Gasteiger partial charge < -0.3 is 34.5 Å². The summed E-state index contributed by atoms with van der Waals surface area (Å²) in [7, 11) is 6.15. The number of fused-ring (bicyclic) bond motifs is 1. The molecule has 0 aliphatic rings. The van der Waals surface area contributed by atoms with Crippen LogP contribution in [0, 0.1) is 0 Å². The highest BCUT2D eigenvalue weighted by Gasteiger charge is 2.24. The number of carbonyl (C=O) groups excluding carboxylic acids is 2. The van der Waals surface area contributed by atoms with Crippen molar-refractivity contribution < 1.29 is 33.7 Å². The molecule has 0 bridgehead atoms. The number of methoxy groups -OCH3 is 3. The van der Waals surface area contributed by atoms with Crippen LogP contribution in [0.4, 0.5) is 0 Å². The van der Waals surface area contributed by atoms with Gasteiger partial charge in [0, 0.05) is 12.4 Å². The number of hydrogen-bond donors (Lipinski definition) is 3. The molecule has 2 rings (SSSR count). The number of ether oxygens (including phenoxy) is 3. The lowest BCUT2D eigenvalue weighted by atomic mass is 10.2. The van der Waals surface area contributed by atoms with Gasteiger partial charge in [0.05, 0.1) is 26.8 Å². The number of carbonyl (C=O) groups is 3. The van der Waals surface area contributed by atoms with E-state index in [1.54, 1.807) is 23.7 Å². The molecule has 1 heterocycles. The second kappa shape index (κ2) is 8.51. The first-order valence-corrected chi connectivity index (χ1v) is 8.33. The maximum Gasteiger partial charge on any atom is 0.322 e. The highest BCUT2D eigenvalue weighted by Crippen LogP contribution is 2.44. The Morgan fingerprint density at radius 3 is 2.29 bits per heavy atom. The topological polar surface area (TPSA) is 128 Å². The van der Waals surface area contributed by atoms with Crippen LogP contribution in [-0.4, -0.2) is 61.4 Å². The standard InChI is InChI=1S/C18H23N3O7/c1-9(17(24)19-8-13(22)23)20-18(25)11-6-10-7-12(26-3)15(27-4)16(28-5)14(10)21(11)2/h6-7,9H,8H2,1-5H3,(H,19,24)(H,20,25)(H,22,23). The van der Waals surface area contributed by atoms with E-state index in [9.17, 15) is 14.4 Å². The lowest BCUT2D eigenvalue weighted by Crippen LogP contribution is -2.46. The molecule has 152 valence electrons. The molecule has 1 unspecified atom stereocenters. The molecule has 10 nitrogen and oxygen atoms in total. The molecule has 0 saturated heterocycles. The van der Waals surface area contributed by atoms with Gasteiger partial charge in [-0.3, -0.25) is 14.4 Å². The lowest BCUT2D eigenvalue weighted by molar-refractivity contribution is -0.138. The minimum Gasteiger partial charge on any atom is -0.493 e. The summed E-state index contributed by atoms with van der Waals surface area (Å²) in [5.41, 5.74) is 0.898. The fraction of sp³-hybridized carbons (Fsp3) is 0.389. The molecule has 2 amide bonds. The van der Waals surface area contributed by atoms with Gasteiger partial charge in [-0.15, -0.1) is 0 Å². The first-order chi connectivity index (χ1) is 13.2. The molecule has 1 aromatic heterocycles. The van der Waals surface area contributed by atoms with Crippen molar-refractivity contribution >= 4 is 28.7 Å². The summed E-state index contributed by atoms with van der Waals surface area (Å²) in [4.78, 5) is 35.1. The molecule has 0 saturated carbocycles. The zero-order chi connectivity index (χ0) is 21.0. The molecule has 1 atom stereocenters. The summed E-state index contributed by atoms with van der Waals surface area (Å²) in [6.45, 7) is 0.939.